The Hall–Kier alpha value is -2.93. The number of aliphatic hydroxyl groups excluding tert-OH is 4. The molecule has 0 spiro atoms. The summed E-state index contributed by atoms with van der Waals surface area (Å²) in [5.41, 5.74) is 0. The van der Waals surface area contributed by atoms with Crippen molar-refractivity contribution in [3.63, 3.8) is 0 Å². The van der Waals surface area contributed by atoms with E-state index in [-0.39, 0.29) is 51.7 Å². The van der Waals surface area contributed by atoms with Crippen LogP contribution in [0.1, 0.15) is 6.92 Å². The zero-order valence-corrected chi connectivity index (χ0v) is 23.8. The summed E-state index contributed by atoms with van der Waals surface area (Å²) in [7, 11) is 2.83. The number of rotatable bonds is 23. The van der Waals surface area contributed by atoms with Crippen molar-refractivity contribution in [3.05, 3.63) is 0 Å². The number of aliphatic hydroxyl groups is 4. The van der Waals surface area contributed by atoms with E-state index in [4.69, 9.17) is 10.2 Å². The fraction of sp³-hybridized carbons (Fsp3) is 0.792. The first-order valence-corrected chi connectivity index (χ1v) is 13.0. The Morgan fingerprint density at radius 2 is 1.00 bits per heavy atom. The molecule has 2 atom stereocenters. The summed E-state index contributed by atoms with van der Waals surface area (Å²) in [5.74, 6) is -7.13. The number of aliphatic carboxylic acids is 3. The first kappa shape index (κ1) is 38.1. The van der Waals surface area contributed by atoms with Gasteiger partial charge in [0.2, 0.25) is 11.8 Å². The molecule has 0 aliphatic rings. The molecule has 0 bridgehead atoms. The Bertz CT molecular complexity index is 834. The van der Waals surface area contributed by atoms with E-state index in [2.05, 4.69) is 0 Å². The van der Waals surface area contributed by atoms with Gasteiger partial charge >= 0.3 is 17.9 Å². The van der Waals surface area contributed by atoms with Gasteiger partial charge in [0.25, 0.3) is 0 Å². The molecular weight excluding hydrogens is 550 g/mol. The summed E-state index contributed by atoms with van der Waals surface area (Å²) in [4.78, 5) is 66.5. The van der Waals surface area contributed by atoms with Crippen molar-refractivity contribution >= 4 is 29.7 Å². The molecule has 0 fully saturated rings. The normalized spacial score (nSPS) is 13.0. The van der Waals surface area contributed by atoms with Crippen LogP contribution in [-0.2, 0) is 24.0 Å². The lowest BCUT2D eigenvalue weighted by Crippen LogP contribution is -2.49. The molecule has 17 heteroatoms. The number of amides is 2. The maximum atomic E-state index is 12.7. The maximum Gasteiger partial charge on any atom is 0.319 e. The third-order valence-electron chi connectivity index (χ3n) is 6.27. The standard InChI is InChI=1S/C24H45N5O12/c1-4-27(12-20(34)25(2)9-17(32)15-30)5-6-28(14-22(36)37)7-8-29(11-19(23(38)39)24(40)41)13-21(35)26(3)10-18(33)16-31/h17-19,30-33H,4-16H2,1-3H3,(H,36,37)(H,38,39)(H,40,41). The van der Waals surface area contributed by atoms with Gasteiger partial charge in [0.05, 0.1) is 45.1 Å². The molecule has 0 rings (SSSR count). The largest absolute Gasteiger partial charge is 0.481 e. The van der Waals surface area contributed by atoms with Crippen molar-refractivity contribution in [2.24, 2.45) is 5.92 Å². The molecule has 0 aliphatic carbocycles. The molecule has 0 aromatic rings. The molecule has 0 aromatic heterocycles. The molecular formula is C24H45N5O12. The Kier molecular flexibility index (Phi) is 18.6. The SMILES string of the molecule is CCN(CCN(CCN(CC(=O)N(C)CC(O)CO)CC(C(=O)O)C(=O)O)CC(=O)O)CC(=O)N(C)CC(O)CO. The van der Waals surface area contributed by atoms with Crippen LogP contribution in [0.25, 0.3) is 0 Å². The third kappa shape index (κ3) is 16.2. The maximum absolute atomic E-state index is 12.7. The molecule has 0 radical (unpaired) electrons. The van der Waals surface area contributed by atoms with Gasteiger partial charge in [-0.2, -0.15) is 0 Å². The summed E-state index contributed by atoms with van der Waals surface area (Å²) in [6.07, 6.45) is -2.29. The number of carbonyl (C=O) groups is 5. The van der Waals surface area contributed by atoms with E-state index in [1.165, 1.54) is 28.8 Å². The monoisotopic (exact) mass is 595 g/mol. The van der Waals surface area contributed by atoms with Crippen molar-refractivity contribution in [3.8, 4) is 0 Å². The molecule has 2 unspecified atom stereocenters. The number of nitrogens with zero attached hydrogens (tertiary/aromatic N) is 5. The second-order valence-electron chi connectivity index (χ2n) is 9.72. The van der Waals surface area contributed by atoms with Crippen LogP contribution in [0.3, 0.4) is 0 Å². The fourth-order valence-electron chi connectivity index (χ4n) is 3.71. The van der Waals surface area contributed by atoms with E-state index in [0.717, 1.165) is 4.90 Å². The van der Waals surface area contributed by atoms with Crippen LogP contribution < -0.4 is 0 Å². The average Bonchev–Trinajstić information content (AvgIpc) is 2.90. The van der Waals surface area contributed by atoms with Gasteiger partial charge in [0.15, 0.2) is 5.92 Å². The predicted molar refractivity (Wildman–Crippen MR) is 143 cm³/mol. The quantitative estimate of drug-likeness (QED) is 0.0550. The zero-order valence-electron chi connectivity index (χ0n) is 23.8. The van der Waals surface area contributed by atoms with Gasteiger partial charge in [-0.05, 0) is 6.54 Å². The van der Waals surface area contributed by atoms with E-state index in [1.807, 2.05) is 0 Å². The van der Waals surface area contributed by atoms with E-state index in [9.17, 15) is 49.5 Å². The van der Waals surface area contributed by atoms with E-state index < -0.39 is 74.8 Å². The highest BCUT2D eigenvalue weighted by atomic mass is 16.4. The number of carboxylic acids is 3. The van der Waals surface area contributed by atoms with Crippen LogP contribution in [0.5, 0.6) is 0 Å². The number of hydrogen-bond acceptors (Lipinski definition) is 12. The van der Waals surface area contributed by atoms with E-state index >= 15 is 0 Å². The highest BCUT2D eigenvalue weighted by molar-refractivity contribution is 5.93. The first-order valence-electron chi connectivity index (χ1n) is 13.0. The summed E-state index contributed by atoms with van der Waals surface area (Å²) in [6, 6.07) is 0. The van der Waals surface area contributed by atoms with E-state index in [0.29, 0.717) is 6.54 Å². The second-order valence-corrected chi connectivity index (χ2v) is 9.72. The van der Waals surface area contributed by atoms with Crippen LogP contribution in [-0.4, -0.2) is 201 Å². The lowest BCUT2D eigenvalue weighted by Gasteiger charge is -2.30. The van der Waals surface area contributed by atoms with Gasteiger partial charge in [-0.1, -0.05) is 6.92 Å². The van der Waals surface area contributed by atoms with Gasteiger partial charge in [0, 0.05) is 59.9 Å². The number of likely N-dealkylation sites (N-methyl/N-ethyl adjacent to an activating group) is 3. The molecule has 41 heavy (non-hydrogen) atoms. The van der Waals surface area contributed by atoms with Gasteiger partial charge in [-0.15, -0.1) is 0 Å². The Morgan fingerprint density at radius 3 is 1.37 bits per heavy atom. The molecule has 0 heterocycles. The summed E-state index contributed by atoms with van der Waals surface area (Å²) >= 11 is 0. The minimum Gasteiger partial charge on any atom is -0.481 e. The zero-order chi connectivity index (χ0) is 31.7. The van der Waals surface area contributed by atoms with Gasteiger partial charge in [-0.25, -0.2) is 0 Å². The third-order valence-corrected chi connectivity index (χ3v) is 6.27. The Labute approximate surface area is 238 Å². The molecule has 2 amide bonds. The number of hydrogen-bond donors (Lipinski definition) is 7. The van der Waals surface area contributed by atoms with Gasteiger partial charge in [-0.3, -0.25) is 38.7 Å². The first-order chi connectivity index (χ1) is 19.1. The van der Waals surface area contributed by atoms with Crippen molar-refractivity contribution < 1.29 is 59.7 Å². The molecule has 17 nitrogen and oxygen atoms in total. The van der Waals surface area contributed by atoms with Crippen LogP contribution in [0.4, 0.5) is 0 Å². The highest BCUT2D eigenvalue weighted by Gasteiger charge is 2.30. The summed E-state index contributed by atoms with van der Waals surface area (Å²) in [5, 5.41) is 65.1. The van der Waals surface area contributed by atoms with Crippen LogP contribution in [0, 0.1) is 5.92 Å². The molecule has 0 saturated heterocycles. The second kappa shape index (κ2) is 20.0. The van der Waals surface area contributed by atoms with Crippen LogP contribution in [0.2, 0.25) is 0 Å². The molecule has 0 aliphatic heterocycles. The van der Waals surface area contributed by atoms with E-state index in [1.54, 1.807) is 11.8 Å². The topological polar surface area (TPSA) is 243 Å². The van der Waals surface area contributed by atoms with Crippen molar-refractivity contribution in [1.29, 1.82) is 0 Å². The smallest absolute Gasteiger partial charge is 0.319 e. The summed E-state index contributed by atoms with van der Waals surface area (Å²) in [6.45, 7) is -0.162. The van der Waals surface area contributed by atoms with Crippen molar-refractivity contribution in [2.75, 3.05) is 99.3 Å². The number of carboxylic acid groups (broad SMARTS) is 3. The number of carbonyl (C=O) groups excluding carboxylic acids is 2. The Balaban J connectivity index is 5.48. The average molecular weight is 596 g/mol. The molecule has 0 saturated carbocycles. The fourth-order valence-corrected chi connectivity index (χ4v) is 3.71. The van der Waals surface area contributed by atoms with Crippen LogP contribution in [0.15, 0.2) is 0 Å². The van der Waals surface area contributed by atoms with Crippen molar-refractivity contribution in [1.82, 2.24) is 24.5 Å². The predicted octanol–water partition coefficient (Wildman–Crippen LogP) is -4.59. The highest BCUT2D eigenvalue weighted by Crippen LogP contribution is 2.05. The molecule has 238 valence electrons. The lowest BCUT2D eigenvalue weighted by molar-refractivity contribution is -0.156. The minimum absolute atomic E-state index is 0.0165. The van der Waals surface area contributed by atoms with Gasteiger partial charge in [0.1, 0.15) is 0 Å². The summed E-state index contributed by atoms with van der Waals surface area (Å²) < 4.78 is 0. The van der Waals surface area contributed by atoms with Crippen molar-refractivity contribution in [2.45, 2.75) is 19.1 Å². The minimum atomic E-state index is -1.85. The molecule has 7 N–H and O–H groups in total. The molecule has 0 aromatic carbocycles. The van der Waals surface area contributed by atoms with Crippen LogP contribution >= 0.6 is 0 Å². The Morgan fingerprint density at radius 1 is 0.610 bits per heavy atom. The lowest BCUT2D eigenvalue weighted by atomic mass is 10.1. The van der Waals surface area contributed by atoms with Gasteiger partial charge < -0.3 is 45.5 Å².